The summed E-state index contributed by atoms with van der Waals surface area (Å²) in [5.74, 6) is 2.07. The van der Waals surface area contributed by atoms with Gasteiger partial charge in [0.2, 0.25) is 5.91 Å². The van der Waals surface area contributed by atoms with Crippen LogP contribution in [0.15, 0.2) is 24.3 Å². The Morgan fingerprint density at radius 1 is 1.36 bits per heavy atom. The first kappa shape index (κ1) is 20.9. The summed E-state index contributed by atoms with van der Waals surface area (Å²) in [6, 6.07) is 6.96. The molecule has 0 saturated carbocycles. The fourth-order valence-electron chi connectivity index (χ4n) is 1.73. The molecule has 1 amide bonds. The average Bonchev–Trinajstić information content (AvgIpc) is 2.50. The van der Waals surface area contributed by atoms with Crippen LogP contribution in [-0.4, -0.2) is 43.7 Å². The molecule has 1 unspecified atom stereocenters. The van der Waals surface area contributed by atoms with Gasteiger partial charge in [-0.25, -0.2) is 0 Å². The number of rotatable bonds is 9. The van der Waals surface area contributed by atoms with E-state index < -0.39 is 6.04 Å². The fourth-order valence-corrected chi connectivity index (χ4v) is 2.22. The molecule has 3 N–H and O–H groups in total. The van der Waals surface area contributed by atoms with Crippen LogP contribution >= 0.6 is 24.2 Å². The third kappa shape index (κ3) is 7.24. The highest BCUT2D eigenvalue weighted by Gasteiger charge is 2.14. The van der Waals surface area contributed by atoms with Crippen molar-refractivity contribution < 1.29 is 14.3 Å². The zero-order chi connectivity index (χ0) is 15.7. The third-order valence-corrected chi connectivity index (χ3v) is 3.57. The van der Waals surface area contributed by atoms with Crippen LogP contribution in [0.5, 0.6) is 11.5 Å². The van der Waals surface area contributed by atoms with E-state index in [2.05, 4.69) is 5.32 Å². The molecular formula is C15H25ClN2O3S. The maximum absolute atomic E-state index is 11.8. The fraction of sp³-hybridized carbons (Fsp3) is 0.533. The normalized spacial score (nSPS) is 12.7. The molecule has 0 saturated heterocycles. The molecule has 0 bridgehead atoms. The van der Waals surface area contributed by atoms with Crippen LogP contribution in [0.2, 0.25) is 0 Å². The first-order valence-electron chi connectivity index (χ1n) is 6.90. The van der Waals surface area contributed by atoms with Crippen molar-refractivity contribution >= 4 is 30.1 Å². The number of hydrogen-bond acceptors (Lipinski definition) is 5. The van der Waals surface area contributed by atoms with Gasteiger partial charge in [-0.2, -0.15) is 11.8 Å². The van der Waals surface area contributed by atoms with Crippen LogP contribution in [0.4, 0.5) is 0 Å². The van der Waals surface area contributed by atoms with Crippen LogP contribution in [0.25, 0.3) is 0 Å². The second-order valence-corrected chi connectivity index (χ2v) is 5.70. The number of nitrogens with two attached hydrogens (primary N) is 1. The zero-order valence-corrected chi connectivity index (χ0v) is 14.8. The minimum Gasteiger partial charge on any atom is -0.493 e. The number of amides is 1. The minimum atomic E-state index is -0.462. The van der Waals surface area contributed by atoms with E-state index in [0.29, 0.717) is 24.5 Å². The maximum Gasteiger partial charge on any atom is 0.237 e. The molecule has 7 heteroatoms. The van der Waals surface area contributed by atoms with Crippen LogP contribution in [0.3, 0.4) is 0 Å². The number of thioether (sulfide) groups is 1. The van der Waals surface area contributed by atoms with Crippen molar-refractivity contribution in [1.82, 2.24) is 5.32 Å². The van der Waals surface area contributed by atoms with Crippen LogP contribution in [0.1, 0.15) is 13.3 Å². The SMILES string of the molecule is COc1ccccc1OC(C)CNC(=O)[C@@H](N)CCSC.Cl. The van der Waals surface area contributed by atoms with Gasteiger partial charge < -0.3 is 20.5 Å². The van der Waals surface area contributed by atoms with Gasteiger partial charge in [0.25, 0.3) is 0 Å². The van der Waals surface area contributed by atoms with Crippen LogP contribution < -0.4 is 20.5 Å². The average molecular weight is 349 g/mol. The summed E-state index contributed by atoms with van der Waals surface area (Å²) in [4.78, 5) is 11.8. The topological polar surface area (TPSA) is 73.6 Å². The van der Waals surface area contributed by atoms with Crippen LogP contribution in [-0.2, 0) is 4.79 Å². The molecular weight excluding hydrogens is 324 g/mol. The van der Waals surface area contributed by atoms with E-state index in [0.717, 1.165) is 5.75 Å². The Labute approximate surface area is 142 Å². The molecule has 1 rings (SSSR count). The van der Waals surface area contributed by atoms with Crippen molar-refractivity contribution in [3.8, 4) is 11.5 Å². The van der Waals surface area contributed by atoms with Gasteiger partial charge in [-0.15, -0.1) is 12.4 Å². The van der Waals surface area contributed by atoms with Gasteiger partial charge in [0.05, 0.1) is 19.7 Å². The van der Waals surface area contributed by atoms with Gasteiger partial charge in [0.15, 0.2) is 11.5 Å². The lowest BCUT2D eigenvalue weighted by molar-refractivity contribution is -0.122. The molecule has 0 radical (unpaired) electrons. The highest BCUT2D eigenvalue weighted by Crippen LogP contribution is 2.26. The molecule has 5 nitrogen and oxygen atoms in total. The summed E-state index contributed by atoms with van der Waals surface area (Å²) in [6.07, 6.45) is 2.50. The number of halogens is 1. The maximum atomic E-state index is 11.8. The standard InChI is InChI=1S/C15H24N2O3S.ClH/c1-11(10-17-15(18)12(16)8-9-21-3)20-14-7-5-4-6-13(14)19-2;/h4-7,11-12H,8-10,16H2,1-3H3,(H,17,18);1H/t11?,12-;/m0./s1. The van der Waals surface area contributed by atoms with Crippen molar-refractivity contribution in [2.24, 2.45) is 5.73 Å². The molecule has 1 aromatic rings. The number of nitrogens with one attached hydrogen (secondary N) is 1. The lowest BCUT2D eigenvalue weighted by atomic mass is 10.2. The third-order valence-electron chi connectivity index (χ3n) is 2.93. The van der Waals surface area contributed by atoms with Gasteiger partial charge in [-0.1, -0.05) is 12.1 Å². The first-order valence-corrected chi connectivity index (χ1v) is 8.29. The first-order chi connectivity index (χ1) is 10.1. The smallest absolute Gasteiger partial charge is 0.237 e. The van der Waals surface area contributed by atoms with E-state index in [1.807, 2.05) is 37.4 Å². The monoisotopic (exact) mass is 348 g/mol. The van der Waals surface area contributed by atoms with Crippen molar-refractivity contribution in [2.75, 3.05) is 25.7 Å². The number of para-hydroxylation sites is 2. The Kier molecular flexibility index (Phi) is 10.9. The summed E-state index contributed by atoms with van der Waals surface area (Å²) in [5.41, 5.74) is 5.80. The highest BCUT2D eigenvalue weighted by atomic mass is 35.5. The molecule has 0 aromatic heterocycles. The Bertz CT molecular complexity index is 449. The Balaban J connectivity index is 0.00000441. The number of methoxy groups -OCH3 is 1. The molecule has 0 aliphatic rings. The lowest BCUT2D eigenvalue weighted by Crippen LogP contribution is -2.44. The predicted molar refractivity (Wildman–Crippen MR) is 94.3 cm³/mol. The number of hydrogen-bond donors (Lipinski definition) is 2. The van der Waals surface area contributed by atoms with Gasteiger partial charge >= 0.3 is 0 Å². The van der Waals surface area contributed by atoms with Crippen molar-refractivity contribution in [3.63, 3.8) is 0 Å². The molecule has 1 aromatic carbocycles. The molecule has 0 heterocycles. The molecule has 22 heavy (non-hydrogen) atoms. The number of carbonyl (C=O) groups excluding carboxylic acids is 1. The van der Waals surface area contributed by atoms with E-state index in [9.17, 15) is 4.79 Å². The van der Waals surface area contributed by atoms with E-state index in [1.165, 1.54) is 0 Å². The summed E-state index contributed by atoms with van der Waals surface area (Å²) in [6.45, 7) is 2.30. The Hall–Kier alpha value is -1.11. The quantitative estimate of drug-likeness (QED) is 0.714. The van der Waals surface area contributed by atoms with Gasteiger partial charge in [-0.3, -0.25) is 4.79 Å². The minimum absolute atomic E-state index is 0. The van der Waals surface area contributed by atoms with Gasteiger partial charge in [0, 0.05) is 0 Å². The summed E-state index contributed by atoms with van der Waals surface area (Å²) in [5, 5.41) is 2.81. The van der Waals surface area contributed by atoms with Crippen LogP contribution in [0, 0.1) is 0 Å². The van der Waals surface area contributed by atoms with E-state index in [1.54, 1.807) is 18.9 Å². The molecule has 0 aliphatic heterocycles. The Morgan fingerprint density at radius 2 is 2.00 bits per heavy atom. The second-order valence-electron chi connectivity index (χ2n) is 4.71. The number of benzene rings is 1. The molecule has 0 fully saturated rings. The van der Waals surface area contributed by atoms with Crippen molar-refractivity contribution in [3.05, 3.63) is 24.3 Å². The summed E-state index contributed by atoms with van der Waals surface area (Å²) in [7, 11) is 1.60. The lowest BCUT2D eigenvalue weighted by Gasteiger charge is -2.18. The molecule has 0 spiro atoms. The molecule has 2 atom stereocenters. The molecule has 0 aliphatic carbocycles. The highest BCUT2D eigenvalue weighted by molar-refractivity contribution is 7.98. The van der Waals surface area contributed by atoms with Gasteiger partial charge in [-0.05, 0) is 37.5 Å². The summed E-state index contributed by atoms with van der Waals surface area (Å²) >= 11 is 1.68. The second kappa shape index (κ2) is 11.5. The van der Waals surface area contributed by atoms with Crippen molar-refractivity contribution in [1.29, 1.82) is 0 Å². The Morgan fingerprint density at radius 3 is 2.59 bits per heavy atom. The predicted octanol–water partition coefficient (Wildman–Crippen LogP) is 2.08. The van der Waals surface area contributed by atoms with Crippen molar-refractivity contribution in [2.45, 2.75) is 25.5 Å². The zero-order valence-electron chi connectivity index (χ0n) is 13.2. The van der Waals surface area contributed by atoms with E-state index in [4.69, 9.17) is 15.2 Å². The number of ether oxygens (including phenoxy) is 2. The van der Waals surface area contributed by atoms with Gasteiger partial charge in [0.1, 0.15) is 6.10 Å². The van der Waals surface area contributed by atoms with E-state index in [-0.39, 0.29) is 24.4 Å². The van der Waals surface area contributed by atoms with E-state index >= 15 is 0 Å². The summed E-state index contributed by atoms with van der Waals surface area (Å²) < 4.78 is 11.0. The number of carbonyl (C=O) groups is 1. The molecule has 126 valence electrons. The largest absolute Gasteiger partial charge is 0.493 e.